The van der Waals surface area contributed by atoms with Crippen LogP contribution in [0.25, 0.3) is 11.0 Å². The van der Waals surface area contributed by atoms with Crippen molar-refractivity contribution in [2.24, 2.45) is 0 Å². The second-order valence-electron chi connectivity index (χ2n) is 6.78. The van der Waals surface area contributed by atoms with Crippen LogP contribution in [0.15, 0.2) is 48.5 Å². The van der Waals surface area contributed by atoms with Crippen molar-refractivity contribution in [2.75, 3.05) is 43.5 Å². The van der Waals surface area contributed by atoms with Gasteiger partial charge in [0.15, 0.2) is 0 Å². The topological polar surface area (TPSA) is 62.6 Å². The molecule has 1 fully saturated rings. The number of para-hydroxylation sites is 2. The van der Waals surface area contributed by atoms with Crippen molar-refractivity contribution in [3.63, 3.8) is 0 Å². The molecule has 0 spiro atoms. The third-order valence-corrected chi connectivity index (χ3v) is 5.14. The summed E-state index contributed by atoms with van der Waals surface area (Å²) in [5, 5.41) is 2.95. The number of carbonyl (C=O) groups excluding carboxylic acids is 1. The lowest BCUT2D eigenvalue weighted by Gasteiger charge is -2.35. The summed E-state index contributed by atoms with van der Waals surface area (Å²) in [4.78, 5) is 21.5. The predicted molar refractivity (Wildman–Crippen MR) is 111 cm³/mol. The maximum absolute atomic E-state index is 12.6. The summed E-state index contributed by atoms with van der Waals surface area (Å²) < 4.78 is 7.39. The summed E-state index contributed by atoms with van der Waals surface area (Å²) in [6.07, 6.45) is 0. The number of methoxy groups -OCH3 is 1. The Labute approximate surface area is 164 Å². The molecule has 7 nitrogen and oxygen atoms in total. The molecule has 2 aromatic carbocycles. The molecule has 2 amide bonds. The summed E-state index contributed by atoms with van der Waals surface area (Å²) >= 11 is 0. The number of rotatable bonds is 4. The molecule has 2 heterocycles. The van der Waals surface area contributed by atoms with E-state index in [1.165, 1.54) is 0 Å². The zero-order valence-corrected chi connectivity index (χ0v) is 16.3. The first-order chi connectivity index (χ1) is 13.7. The maximum atomic E-state index is 12.6. The second-order valence-corrected chi connectivity index (χ2v) is 6.78. The number of imidazole rings is 1. The minimum atomic E-state index is -0.0752. The number of carbonyl (C=O) groups is 1. The lowest BCUT2D eigenvalue weighted by molar-refractivity contribution is 0.208. The molecule has 28 heavy (non-hydrogen) atoms. The molecule has 0 saturated carbocycles. The molecule has 7 heteroatoms. The van der Waals surface area contributed by atoms with E-state index in [4.69, 9.17) is 9.72 Å². The van der Waals surface area contributed by atoms with Crippen LogP contribution in [0, 0.1) is 0 Å². The first kappa shape index (κ1) is 18.2. The van der Waals surface area contributed by atoms with E-state index in [0.29, 0.717) is 13.1 Å². The fourth-order valence-corrected chi connectivity index (χ4v) is 3.60. The molecule has 0 radical (unpaired) electrons. The van der Waals surface area contributed by atoms with Crippen LogP contribution in [0.3, 0.4) is 0 Å². The fourth-order valence-electron chi connectivity index (χ4n) is 3.60. The zero-order chi connectivity index (χ0) is 19.5. The Morgan fingerprint density at radius 2 is 1.79 bits per heavy atom. The van der Waals surface area contributed by atoms with Crippen LogP contribution < -0.4 is 15.0 Å². The number of benzene rings is 2. The third-order valence-electron chi connectivity index (χ3n) is 5.14. The normalized spacial score (nSPS) is 14.4. The quantitative estimate of drug-likeness (QED) is 0.755. The van der Waals surface area contributed by atoms with Crippen molar-refractivity contribution in [2.45, 2.75) is 13.5 Å². The molecule has 0 aliphatic carbocycles. The molecule has 146 valence electrons. The van der Waals surface area contributed by atoms with Gasteiger partial charge in [-0.05, 0) is 43.3 Å². The monoisotopic (exact) mass is 379 g/mol. The maximum Gasteiger partial charge on any atom is 0.321 e. The summed E-state index contributed by atoms with van der Waals surface area (Å²) in [5.41, 5.74) is 2.93. The van der Waals surface area contributed by atoms with E-state index in [-0.39, 0.29) is 6.03 Å². The fraction of sp³-hybridized carbons (Fsp3) is 0.333. The molecule has 4 rings (SSSR count). The van der Waals surface area contributed by atoms with Gasteiger partial charge in [-0.3, -0.25) is 0 Å². The Morgan fingerprint density at radius 1 is 1.07 bits per heavy atom. The van der Waals surface area contributed by atoms with Gasteiger partial charge in [0.25, 0.3) is 0 Å². The summed E-state index contributed by atoms with van der Waals surface area (Å²) in [6, 6.07) is 15.5. The largest absolute Gasteiger partial charge is 0.497 e. The lowest BCUT2D eigenvalue weighted by atomic mass is 10.3. The van der Waals surface area contributed by atoms with Gasteiger partial charge in [0, 0.05) is 38.4 Å². The second kappa shape index (κ2) is 7.80. The van der Waals surface area contributed by atoms with Crippen molar-refractivity contribution in [1.29, 1.82) is 0 Å². The highest BCUT2D eigenvalue weighted by atomic mass is 16.5. The molecule has 0 atom stereocenters. The Bertz CT molecular complexity index is 959. The molecule has 1 aliphatic rings. The summed E-state index contributed by atoms with van der Waals surface area (Å²) in [7, 11) is 1.62. The highest BCUT2D eigenvalue weighted by molar-refractivity contribution is 5.89. The van der Waals surface area contributed by atoms with Crippen LogP contribution in [0.1, 0.15) is 6.92 Å². The molecule has 3 aromatic rings. The van der Waals surface area contributed by atoms with Gasteiger partial charge in [-0.15, -0.1) is 0 Å². The van der Waals surface area contributed by atoms with Crippen LogP contribution in [0.4, 0.5) is 16.4 Å². The lowest BCUT2D eigenvalue weighted by Crippen LogP contribution is -2.50. The molecule has 1 aliphatic heterocycles. The first-order valence-electron chi connectivity index (χ1n) is 9.60. The molecule has 1 aromatic heterocycles. The summed E-state index contributed by atoms with van der Waals surface area (Å²) in [6.45, 7) is 5.85. The van der Waals surface area contributed by atoms with Gasteiger partial charge in [0.05, 0.1) is 18.1 Å². The van der Waals surface area contributed by atoms with Gasteiger partial charge in [0.2, 0.25) is 5.95 Å². The van der Waals surface area contributed by atoms with Crippen molar-refractivity contribution in [3.05, 3.63) is 48.5 Å². The van der Waals surface area contributed by atoms with Crippen molar-refractivity contribution < 1.29 is 9.53 Å². The Balaban J connectivity index is 1.41. The van der Waals surface area contributed by atoms with Gasteiger partial charge in [0.1, 0.15) is 5.75 Å². The van der Waals surface area contributed by atoms with Crippen LogP contribution >= 0.6 is 0 Å². The van der Waals surface area contributed by atoms with E-state index in [0.717, 1.165) is 48.1 Å². The molecule has 0 bridgehead atoms. The van der Waals surface area contributed by atoms with Crippen molar-refractivity contribution in [3.8, 4) is 5.75 Å². The number of aryl methyl sites for hydroxylation is 1. The predicted octanol–water partition coefficient (Wildman–Crippen LogP) is 3.42. The van der Waals surface area contributed by atoms with Gasteiger partial charge >= 0.3 is 6.03 Å². The number of anilines is 2. The standard InChI is InChI=1S/C21H25N5O2/c1-3-26-19-7-5-4-6-18(19)23-20(26)24-12-14-25(15-13-24)21(27)22-16-8-10-17(28-2)11-9-16/h4-11H,3,12-15H2,1-2H3,(H,22,27). The molecular weight excluding hydrogens is 354 g/mol. The van der Waals surface area contributed by atoms with Gasteiger partial charge in [-0.1, -0.05) is 12.1 Å². The van der Waals surface area contributed by atoms with E-state index in [2.05, 4.69) is 27.8 Å². The zero-order valence-electron chi connectivity index (χ0n) is 16.3. The highest BCUT2D eigenvalue weighted by Crippen LogP contribution is 2.24. The number of ether oxygens (including phenoxy) is 1. The first-order valence-corrected chi connectivity index (χ1v) is 9.60. The smallest absolute Gasteiger partial charge is 0.321 e. The van der Waals surface area contributed by atoms with E-state index in [1.807, 2.05) is 47.4 Å². The summed E-state index contributed by atoms with van der Waals surface area (Å²) in [5.74, 6) is 1.75. The van der Waals surface area contributed by atoms with Crippen LogP contribution in [-0.2, 0) is 6.54 Å². The minimum Gasteiger partial charge on any atom is -0.497 e. The Morgan fingerprint density at radius 3 is 2.46 bits per heavy atom. The molecular formula is C21H25N5O2. The number of amides is 2. The number of urea groups is 1. The van der Waals surface area contributed by atoms with E-state index >= 15 is 0 Å². The van der Waals surface area contributed by atoms with Crippen LogP contribution in [0.2, 0.25) is 0 Å². The van der Waals surface area contributed by atoms with Crippen molar-refractivity contribution in [1.82, 2.24) is 14.5 Å². The van der Waals surface area contributed by atoms with Crippen LogP contribution in [0.5, 0.6) is 5.75 Å². The number of nitrogens with one attached hydrogen (secondary N) is 1. The van der Waals surface area contributed by atoms with Gasteiger partial charge < -0.3 is 24.4 Å². The van der Waals surface area contributed by atoms with Crippen molar-refractivity contribution >= 4 is 28.7 Å². The molecule has 1 N–H and O–H groups in total. The van der Waals surface area contributed by atoms with E-state index < -0.39 is 0 Å². The highest BCUT2D eigenvalue weighted by Gasteiger charge is 2.24. The average Bonchev–Trinajstić information content (AvgIpc) is 3.13. The third kappa shape index (κ3) is 3.47. The van der Waals surface area contributed by atoms with Crippen LogP contribution in [-0.4, -0.2) is 53.8 Å². The average molecular weight is 379 g/mol. The molecule has 0 unspecified atom stereocenters. The van der Waals surface area contributed by atoms with Gasteiger partial charge in [-0.25, -0.2) is 9.78 Å². The SMILES string of the molecule is CCn1c(N2CCN(C(=O)Nc3ccc(OC)cc3)CC2)nc2ccccc21. The Kier molecular flexibility index (Phi) is 5.06. The van der Waals surface area contributed by atoms with E-state index in [9.17, 15) is 4.79 Å². The number of hydrogen-bond acceptors (Lipinski definition) is 4. The number of fused-ring (bicyclic) bond motifs is 1. The van der Waals surface area contributed by atoms with E-state index in [1.54, 1.807) is 7.11 Å². The molecule has 1 saturated heterocycles. The number of nitrogens with zero attached hydrogens (tertiary/aromatic N) is 4. The number of hydrogen-bond donors (Lipinski definition) is 1. The number of aromatic nitrogens is 2. The Hall–Kier alpha value is -3.22. The number of piperazine rings is 1. The minimum absolute atomic E-state index is 0.0752. The van der Waals surface area contributed by atoms with Gasteiger partial charge in [-0.2, -0.15) is 0 Å².